The van der Waals surface area contributed by atoms with Crippen molar-refractivity contribution in [3.05, 3.63) is 72.6 Å². The van der Waals surface area contributed by atoms with Gasteiger partial charge in [-0.15, -0.1) is 0 Å². The standard InChI is InChI=1S/C20H22N4O/c1-16-6-7-19(22-9-2-3-10-22)18(13-16)20(25)23-11-4-5-17(14-23)24-12-8-21-15-24/h2-3,6-10,12-13,15,17H,4-5,11,14H2,1H3. The van der Waals surface area contributed by atoms with Crippen LogP contribution in [-0.2, 0) is 0 Å². The predicted molar refractivity (Wildman–Crippen MR) is 96.9 cm³/mol. The molecule has 1 fully saturated rings. The van der Waals surface area contributed by atoms with Gasteiger partial charge in [-0.25, -0.2) is 4.98 Å². The van der Waals surface area contributed by atoms with Crippen molar-refractivity contribution < 1.29 is 4.79 Å². The lowest BCUT2D eigenvalue weighted by atomic mass is 10.0. The average Bonchev–Trinajstić information content (AvgIpc) is 3.35. The molecule has 1 amide bonds. The van der Waals surface area contributed by atoms with Gasteiger partial charge in [0.15, 0.2) is 0 Å². The van der Waals surface area contributed by atoms with Crippen LogP contribution in [0.4, 0.5) is 0 Å². The van der Waals surface area contributed by atoms with Gasteiger partial charge < -0.3 is 14.0 Å². The van der Waals surface area contributed by atoms with Gasteiger partial charge in [0, 0.05) is 37.9 Å². The molecular weight excluding hydrogens is 312 g/mol. The molecule has 0 bridgehead atoms. The van der Waals surface area contributed by atoms with Crippen molar-refractivity contribution in [1.29, 1.82) is 0 Å². The maximum absolute atomic E-state index is 13.3. The van der Waals surface area contributed by atoms with E-state index in [1.807, 2.05) is 65.6 Å². The van der Waals surface area contributed by atoms with Crippen LogP contribution in [0.5, 0.6) is 0 Å². The van der Waals surface area contributed by atoms with Gasteiger partial charge in [0.2, 0.25) is 0 Å². The molecular formula is C20H22N4O. The van der Waals surface area contributed by atoms with E-state index in [0.717, 1.165) is 42.7 Å². The highest BCUT2D eigenvalue weighted by Crippen LogP contribution is 2.25. The summed E-state index contributed by atoms with van der Waals surface area (Å²) in [5.41, 5.74) is 2.80. The Kier molecular flexibility index (Phi) is 4.14. The lowest BCUT2D eigenvalue weighted by Gasteiger charge is -2.34. The maximum atomic E-state index is 13.3. The average molecular weight is 334 g/mol. The van der Waals surface area contributed by atoms with Crippen LogP contribution in [0.3, 0.4) is 0 Å². The Morgan fingerprint density at radius 2 is 2.04 bits per heavy atom. The molecule has 5 heteroatoms. The highest BCUT2D eigenvalue weighted by atomic mass is 16.2. The summed E-state index contributed by atoms with van der Waals surface area (Å²) >= 11 is 0. The quantitative estimate of drug-likeness (QED) is 0.736. The molecule has 25 heavy (non-hydrogen) atoms. The van der Waals surface area contributed by atoms with E-state index in [1.165, 1.54) is 0 Å². The number of imidazole rings is 1. The molecule has 0 radical (unpaired) electrons. The van der Waals surface area contributed by atoms with Crippen molar-refractivity contribution in [3.8, 4) is 5.69 Å². The normalized spacial score (nSPS) is 17.6. The zero-order chi connectivity index (χ0) is 17.2. The second-order valence-corrected chi connectivity index (χ2v) is 6.67. The van der Waals surface area contributed by atoms with Gasteiger partial charge in [0.05, 0.1) is 23.6 Å². The third-order valence-corrected chi connectivity index (χ3v) is 4.90. The molecule has 4 rings (SSSR count). The molecule has 1 aliphatic heterocycles. The summed E-state index contributed by atoms with van der Waals surface area (Å²) in [7, 11) is 0. The van der Waals surface area contributed by atoms with Crippen LogP contribution in [-0.4, -0.2) is 38.0 Å². The summed E-state index contributed by atoms with van der Waals surface area (Å²) < 4.78 is 4.12. The van der Waals surface area contributed by atoms with Crippen LogP contribution in [0, 0.1) is 6.92 Å². The molecule has 0 saturated carbocycles. The zero-order valence-electron chi connectivity index (χ0n) is 14.4. The van der Waals surface area contributed by atoms with E-state index in [1.54, 1.807) is 6.20 Å². The summed E-state index contributed by atoms with van der Waals surface area (Å²) in [5.74, 6) is 0.109. The Morgan fingerprint density at radius 3 is 2.80 bits per heavy atom. The van der Waals surface area contributed by atoms with Crippen molar-refractivity contribution in [2.75, 3.05) is 13.1 Å². The molecule has 1 saturated heterocycles. The van der Waals surface area contributed by atoms with Gasteiger partial charge in [0.1, 0.15) is 0 Å². The van der Waals surface area contributed by atoms with Gasteiger partial charge in [-0.2, -0.15) is 0 Å². The van der Waals surface area contributed by atoms with E-state index in [4.69, 9.17) is 0 Å². The molecule has 128 valence electrons. The number of amides is 1. The fourth-order valence-electron chi connectivity index (χ4n) is 3.58. The molecule has 0 spiro atoms. The van der Waals surface area contributed by atoms with Crippen molar-refractivity contribution in [3.63, 3.8) is 0 Å². The SMILES string of the molecule is Cc1ccc(-n2cccc2)c(C(=O)N2CCCC(n3ccnc3)C2)c1. The van der Waals surface area contributed by atoms with E-state index >= 15 is 0 Å². The Balaban J connectivity index is 1.63. The number of aromatic nitrogens is 3. The molecule has 5 nitrogen and oxygen atoms in total. The third-order valence-electron chi connectivity index (χ3n) is 4.90. The molecule has 3 aromatic rings. The molecule has 2 aromatic heterocycles. The van der Waals surface area contributed by atoms with Crippen molar-refractivity contribution in [2.24, 2.45) is 0 Å². The predicted octanol–water partition coefficient (Wildman–Crippen LogP) is 3.46. The van der Waals surface area contributed by atoms with Crippen molar-refractivity contribution in [2.45, 2.75) is 25.8 Å². The van der Waals surface area contributed by atoms with E-state index in [-0.39, 0.29) is 5.91 Å². The molecule has 1 aromatic carbocycles. The number of carbonyl (C=O) groups is 1. The van der Waals surface area contributed by atoms with Crippen LogP contribution in [0.25, 0.3) is 5.69 Å². The first-order chi connectivity index (χ1) is 12.2. The lowest BCUT2D eigenvalue weighted by molar-refractivity contribution is 0.0679. The Bertz CT molecular complexity index is 852. The number of aryl methyl sites for hydroxylation is 1. The Morgan fingerprint density at radius 1 is 1.20 bits per heavy atom. The van der Waals surface area contributed by atoms with E-state index < -0.39 is 0 Å². The number of nitrogens with zero attached hydrogens (tertiary/aromatic N) is 4. The summed E-state index contributed by atoms with van der Waals surface area (Å²) in [4.78, 5) is 19.4. The number of likely N-dealkylation sites (tertiary alicyclic amines) is 1. The first kappa shape index (κ1) is 15.7. The number of hydrogen-bond donors (Lipinski definition) is 0. The smallest absolute Gasteiger partial charge is 0.256 e. The summed E-state index contributed by atoms with van der Waals surface area (Å²) in [6.45, 7) is 3.57. The minimum atomic E-state index is 0.109. The first-order valence-electron chi connectivity index (χ1n) is 8.73. The maximum Gasteiger partial charge on any atom is 0.256 e. The largest absolute Gasteiger partial charge is 0.337 e. The Labute approximate surface area is 147 Å². The van der Waals surface area contributed by atoms with Gasteiger partial charge in [-0.05, 0) is 44.0 Å². The lowest BCUT2D eigenvalue weighted by Crippen LogP contribution is -2.40. The fraction of sp³-hybridized carbons (Fsp3) is 0.300. The topological polar surface area (TPSA) is 43.1 Å². The van der Waals surface area contributed by atoms with E-state index in [0.29, 0.717) is 6.04 Å². The fourth-order valence-corrected chi connectivity index (χ4v) is 3.58. The summed E-state index contributed by atoms with van der Waals surface area (Å²) in [6, 6.07) is 10.3. The number of benzene rings is 1. The van der Waals surface area contributed by atoms with Gasteiger partial charge >= 0.3 is 0 Å². The number of piperidine rings is 1. The molecule has 0 aliphatic carbocycles. The Hall–Kier alpha value is -2.82. The number of hydrogen-bond acceptors (Lipinski definition) is 2. The molecule has 1 aliphatic rings. The van der Waals surface area contributed by atoms with Crippen molar-refractivity contribution >= 4 is 5.91 Å². The van der Waals surface area contributed by atoms with E-state index in [2.05, 4.69) is 15.6 Å². The number of carbonyl (C=O) groups excluding carboxylic acids is 1. The van der Waals surface area contributed by atoms with Crippen molar-refractivity contribution in [1.82, 2.24) is 19.0 Å². The zero-order valence-corrected chi connectivity index (χ0v) is 14.4. The minimum absolute atomic E-state index is 0.109. The highest BCUT2D eigenvalue weighted by molar-refractivity contribution is 5.98. The molecule has 1 unspecified atom stereocenters. The monoisotopic (exact) mass is 334 g/mol. The van der Waals surface area contributed by atoms with Crippen LogP contribution in [0.2, 0.25) is 0 Å². The third kappa shape index (κ3) is 3.09. The van der Waals surface area contributed by atoms with Gasteiger partial charge in [-0.1, -0.05) is 11.6 Å². The molecule has 3 heterocycles. The minimum Gasteiger partial charge on any atom is -0.337 e. The van der Waals surface area contributed by atoms with Gasteiger partial charge in [-0.3, -0.25) is 4.79 Å². The summed E-state index contributed by atoms with van der Waals surface area (Å²) in [6.07, 6.45) is 11.7. The second-order valence-electron chi connectivity index (χ2n) is 6.67. The van der Waals surface area contributed by atoms with Gasteiger partial charge in [0.25, 0.3) is 5.91 Å². The second kappa shape index (κ2) is 6.59. The molecule has 1 atom stereocenters. The van der Waals surface area contributed by atoms with E-state index in [9.17, 15) is 4.79 Å². The summed E-state index contributed by atoms with van der Waals surface area (Å²) in [5, 5.41) is 0. The van der Waals surface area contributed by atoms with Crippen LogP contribution >= 0.6 is 0 Å². The molecule has 0 N–H and O–H groups in total. The number of rotatable bonds is 3. The van der Waals surface area contributed by atoms with Crippen LogP contribution < -0.4 is 0 Å². The van der Waals surface area contributed by atoms with Crippen LogP contribution in [0.1, 0.15) is 34.8 Å². The van der Waals surface area contributed by atoms with Crippen LogP contribution in [0.15, 0.2) is 61.4 Å². The highest BCUT2D eigenvalue weighted by Gasteiger charge is 2.26. The first-order valence-corrected chi connectivity index (χ1v) is 8.73.